The van der Waals surface area contributed by atoms with Gasteiger partial charge in [-0.15, -0.1) is 16.9 Å². The zero-order chi connectivity index (χ0) is 44.7. The average molecular weight is 817 g/mol. The molecule has 56 heavy (non-hydrogen) atoms. The van der Waals surface area contributed by atoms with Gasteiger partial charge in [0.15, 0.2) is 0 Å². The largest absolute Gasteiger partial charge is 0.429 e. The van der Waals surface area contributed by atoms with Gasteiger partial charge in [-0.1, -0.05) is 175 Å². The van der Waals surface area contributed by atoms with Gasteiger partial charge in [-0.2, -0.15) is 0 Å². The summed E-state index contributed by atoms with van der Waals surface area (Å²) in [5.74, 6) is 0.252. The third-order valence-corrected chi connectivity index (χ3v) is 12.1. The van der Waals surface area contributed by atoms with Crippen molar-refractivity contribution in [1.82, 2.24) is 0 Å². The van der Waals surface area contributed by atoms with E-state index in [1.807, 2.05) is 25.5 Å². The molecule has 0 aliphatic rings. The Morgan fingerprint density at radius 3 is 1.00 bits per heavy atom. The molecule has 0 bridgehead atoms. The van der Waals surface area contributed by atoms with E-state index in [0.29, 0.717) is 6.61 Å². The molecule has 0 aliphatic heterocycles. The molecule has 0 aliphatic carbocycles. The van der Waals surface area contributed by atoms with Crippen molar-refractivity contribution >= 4 is 22.4 Å². The van der Waals surface area contributed by atoms with Crippen molar-refractivity contribution in [3.63, 3.8) is 0 Å². The van der Waals surface area contributed by atoms with Gasteiger partial charge >= 0.3 is 5.97 Å². The summed E-state index contributed by atoms with van der Waals surface area (Å²) in [5, 5.41) is 1.86. The topological polar surface area (TPSA) is 36.9 Å². The summed E-state index contributed by atoms with van der Waals surface area (Å²) in [6.45, 7) is 56.6. The number of benzene rings is 2. The van der Waals surface area contributed by atoms with E-state index in [9.17, 15) is 0 Å². The minimum absolute atomic E-state index is 0.0118. The Kier molecular flexibility index (Phi) is 19.3. The first-order valence-electron chi connectivity index (χ1n) is 20.5. The number of allylic oxidation sites excluding steroid dienone is 1. The second kappa shape index (κ2) is 19.9. The van der Waals surface area contributed by atoms with Crippen molar-refractivity contribution in [2.75, 3.05) is 25.4 Å². The fraction of sp³-hybridized carbons (Fsp3) is 0.680. The van der Waals surface area contributed by atoms with Crippen molar-refractivity contribution < 1.29 is 17.8 Å². The molecule has 0 radical (unpaired) electrons. The van der Waals surface area contributed by atoms with Crippen LogP contribution in [-0.2, 0) is 40.9 Å². The molecule has 0 N–H and O–H groups in total. The molecule has 0 fully saturated rings. The zero-order valence-electron chi connectivity index (χ0n) is 41.1. The van der Waals surface area contributed by atoms with E-state index in [4.69, 9.17) is 17.8 Å². The molecule has 0 unspecified atom stereocenters. The Hall–Kier alpha value is -1.86. The zero-order valence-corrected chi connectivity index (χ0v) is 42.7. The number of hydrogen-bond acceptors (Lipinski definition) is 5. The number of hydrogen-bond donors (Lipinski definition) is 0. The molecular weight excluding hydrogens is 729 g/mol. The van der Waals surface area contributed by atoms with Crippen LogP contribution in [0.25, 0.3) is 0 Å². The lowest BCUT2D eigenvalue weighted by Gasteiger charge is -2.43. The maximum absolute atomic E-state index is 7.38. The second-order valence-electron chi connectivity index (χ2n) is 21.8. The first-order valence-corrected chi connectivity index (χ1v) is 24.0. The molecule has 2 aromatic rings. The van der Waals surface area contributed by atoms with Crippen LogP contribution in [0.5, 0.6) is 11.5 Å². The fourth-order valence-corrected chi connectivity index (χ4v) is 7.37. The van der Waals surface area contributed by atoms with Crippen LogP contribution in [0.1, 0.15) is 186 Å². The molecule has 0 amide bonds. The smallest absolute Gasteiger partial charge is 0.374 e. The normalized spacial score (nSPS) is 13.6. The van der Waals surface area contributed by atoms with Gasteiger partial charge in [0.2, 0.25) is 0 Å². The highest BCUT2D eigenvalue weighted by Crippen LogP contribution is 2.49. The maximum Gasteiger partial charge on any atom is 0.374 e. The highest BCUT2D eigenvalue weighted by atomic mass is 32.3. The van der Waals surface area contributed by atoms with Crippen LogP contribution in [0.3, 0.4) is 0 Å². The summed E-state index contributed by atoms with van der Waals surface area (Å²) >= 11 is 1.40. The lowest BCUT2D eigenvalue weighted by Crippen LogP contribution is -2.51. The van der Waals surface area contributed by atoms with Crippen molar-refractivity contribution in [2.24, 2.45) is 5.92 Å². The Labute approximate surface area is 354 Å². The highest BCUT2D eigenvalue weighted by molar-refractivity contribution is 8.34. The monoisotopic (exact) mass is 817 g/mol. The summed E-state index contributed by atoms with van der Waals surface area (Å²) in [5.41, 5.74) is 6.57. The molecule has 324 valence electrons. The van der Waals surface area contributed by atoms with Crippen LogP contribution in [0.4, 0.5) is 0 Å². The summed E-state index contributed by atoms with van der Waals surface area (Å²) in [4.78, 5) is 0. The Morgan fingerprint density at radius 1 is 0.589 bits per heavy atom. The van der Waals surface area contributed by atoms with Crippen LogP contribution < -0.4 is 9.47 Å². The predicted octanol–water partition coefficient (Wildman–Crippen LogP) is 15.9. The molecule has 0 saturated heterocycles. The van der Waals surface area contributed by atoms with Gasteiger partial charge in [0.05, 0.1) is 12.5 Å². The predicted molar refractivity (Wildman–Crippen MR) is 256 cm³/mol. The van der Waals surface area contributed by atoms with E-state index in [-0.39, 0.29) is 38.4 Å². The molecule has 0 spiro atoms. The van der Waals surface area contributed by atoms with E-state index >= 15 is 0 Å². The van der Waals surface area contributed by atoms with Crippen molar-refractivity contribution in [3.05, 3.63) is 82.3 Å². The summed E-state index contributed by atoms with van der Waals surface area (Å²) < 4.78 is 26.7. The van der Waals surface area contributed by atoms with Crippen molar-refractivity contribution in [2.45, 2.75) is 191 Å². The van der Waals surface area contributed by atoms with Gasteiger partial charge in [0.1, 0.15) is 11.5 Å². The van der Waals surface area contributed by atoms with Gasteiger partial charge in [-0.05, 0) is 75.4 Å². The fourth-order valence-electron chi connectivity index (χ4n) is 5.74. The van der Waals surface area contributed by atoms with Crippen LogP contribution in [0.15, 0.2) is 48.9 Å². The van der Waals surface area contributed by atoms with Gasteiger partial charge in [0.25, 0.3) is 0 Å². The van der Waals surface area contributed by atoms with Crippen molar-refractivity contribution in [3.8, 4) is 11.5 Å². The summed E-state index contributed by atoms with van der Waals surface area (Å²) in [6.07, 6.45) is 7.77. The Balaban J connectivity index is 0.00000240. The summed E-state index contributed by atoms with van der Waals surface area (Å²) in [7, 11) is -0.943. The molecule has 0 saturated carbocycles. The number of rotatable bonds is 10. The SMILES string of the molecule is C=CC.C=CS(C)(C)OSC.CCOC(Oc1c(C(C)(C)C)cc(C(C)(C)C)cc1C(C)(C)C)(Oc1c(C(C)(C)C)cc(C(C)(C)C)cc1C(C)(C)C)C(C)C. The number of ether oxygens (including phenoxy) is 3. The molecule has 0 aromatic heterocycles. The quantitative estimate of drug-likeness (QED) is 0.136. The minimum Gasteiger partial charge on any atom is -0.429 e. The van der Waals surface area contributed by atoms with Gasteiger partial charge in [-0.25, -0.2) is 0 Å². The third kappa shape index (κ3) is 15.7. The van der Waals surface area contributed by atoms with E-state index in [0.717, 1.165) is 11.5 Å². The van der Waals surface area contributed by atoms with Gasteiger partial charge in [0, 0.05) is 40.6 Å². The molecule has 2 rings (SSSR count). The van der Waals surface area contributed by atoms with E-state index < -0.39 is 16.3 Å². The molecule has 2 aromatic carbocycles. The van der Waals surface area contributed by atoms with Crippen LogP contribution in [0, 0.1) is 5.92 Å². The lowest BCUT2D eigenvalue weighted by atomic mass is 9.74. The molecule has 0 atom stereocenters. The molecule has 4 nitrogen and oxygen atoms in total. The highest BCUT2D eigenvalue weighted by Gasteiger charge is 2.46. The molecule has 6 heteroatoms. The molecular formula is C50H88O4S2. The van der Waals surface area contributed by atoms with E-state index in [2.05, 4.69) is 188 Å². The third-order valence-electron chi connectivity index (χ3n) is 9.33. The second-order valence-corrected chi connectivity index (χ2v) is 25.6. The first kappa shape index (κ1) is 54.1. The first-order chi connectivity index (χ1) is 24.9. The van der Waals surface area contributed by atoms with Crippen LogP contribution in [0.2, 0.25) is 0 Å². The van der Waals surface area contributed by atoms with Gasteiger partial charge < -0.3 is 14.2 Å². The Morgan fingerprint density at radius 2 is 0.857 bits per heavy atom. The molecule has 0 heterocycles. The standard InChI is InChI=1S/C42H70O3.C5H12OS2.C3H6/c1-22-43-42(27(2)3,44-34-30(38(10,11)12)23-28(36(4,5)6)24-31(34)39(13,14)15)45-35-32(40(16,17)18)25-29(37(7,8)9)26-33(35)41(19,20)21;1-5-8(3,4)6-7-2;1-3-2/h23-27H,22H2,1-21H3;5H,1H2,2-4H3;3H,1H2,2H3. The van der Waals surface area contributed by atoms with Crippen molar-refractivity contribution in [1.29, 1.82) is 0 Å². The van der Waals surface area contributed by atoms with E-state index in [1.54, 1.807) is 6.08 Å². The maximum atomic E-state index is 7.38. The Bertz CT molecular complexity index is 1390. The minimum atomic E-state index is -1.36. The van der Waals surface area contributed by atoms with Crippen LogP contribution >= 0.6 is 22.4 Å². The lowest BCUT2D eigenvalue weighted by molar-refractivity contribution is -0.324. The van der Waals surface area contributed by atoms with Crippen LogP contribution in [-0.4, -0.2) is 31.3 Å². The van der Waals surface area contributed by atoms with E-state index in [1.165, 1.54) is 45.4 Å². The van der Waals surface area contributed by atoms with Gasteiger partial charge in [-0.3, -0.25) is 3.63 Å². The average Bonchev–Trinajstić information content (AvgIpc) is 2.98. The summed E-state index contributed by atoms with van der Waals surface area (Å²) in [6, 6.07) is 9.39.